The Bertz CT molecular complexity index is 881. The van der Waals surface area contributed by atoms with Crippen LogP contribution in [0.1, 0.15) is 38.8 Å². The Hall–Kier alpha value is -2.18. The quantitative estimate of drug-likeness (QED) is 0.822. The van der Waals surface area contributed by atoms with Crippen molar-refractivity contribution in [3.05, 3.63) is 59.7 Å². The molecule has 6 heteroatoms. The third-order valence-electron chi connectivity index (χ3n) is 4.38. The molecule has 5 nitrogen and oxygen atoms in total. The fourth-order valence-electron chi connectivity index (χ4n) is 2.70. The zero-order valence-electron chi connectivity index (χ0n) is 16.6. The van der Waals surface area contributed by atoms with Gasteiger partial charge in [-0.2, -0.15) is 0 Å². The average molecular weight is 389 g/mol. The van der Waals surface area contributed by atoms with Crippen LogP contribution < -0.4 is 9.62 Å². The van der Waals surface area contributed by atoms with Crippen molar-refractivity contribution < 1.29 is 13.2 Å². The molecule has 2 rings (SSSR count). The zero-order valence-corrected chi connectivity index (χ0v) is 17.4. The molecule has 1 N–H and O–H groups in total. The normalized spacial score (nSPS) is 12.0. The third kappa shape index (κ3) is 5.65. The smallest absolute Gasteiger partial charge is 0.240 e. The number of carbonyl (C=O) groups is 1. The molecule has 0 saturated heterocycles. The Balaban J connectivity index is 2.05. The molecule has 2 aromatic rings. The van der Waals surface area contributed by atoms with Crippen LogP contribution in [0.15, 0.2) is 53.4 Å². The van der Waals surface area contributed by atoms with E-state index >= 15 is 0 Å². The Labute approximate surface area is 162 Å². The lowest BCUT2D eigenvalue weighted by Gasteiger charge is -2.22. The number of nitrogens with one attached hydrogen (secondary N) is 1. The summed E-state index contributed by atoms with van der Waals surface area (Å²) >= 11 is 0. The number of rotatable bonds is 6. The van der Waals surface area contributed by atoms with E-state index in [1.165, 1.54) is 6.92 Å². The second-order valence-electron chi connectivity index (χ2n) is 7.68. The van der Waals surface area contributed by atoms with Crippen LogP contribution in [0, 0.1) is 6.92 Å². The summed E-state index contributed by atoms with van der Waals surface area (Å²) in [5, 5.41) is 0. The van der Waals surface area contributed by atoms with E-state index < -0.39 is 10.0 Å². The topological polar surface area (TPSA) is 66.5 Å². The van der Waals surface area contributed by atoms with Gasteiger partial charge in [0, 0.05) is 25.7 Å². The maximum atomic E-state index is 12.5. The molecule has 0 fully saturated rings. The van der Waals surface area contributed by atoms with E-state index in [1.807, 2.05) is 43.3 Å². The number of hydrogen-bond acceptors (Lipinski definition) is 3. The first-order valence-electron chi connectivity index (χ1n) is 8.96. The fraction of sp³-hybridized carbons (Fsp3) is 0.381. The molecule has 0 heterocycles. The van der Waals surface area contributed by atoms with Crippen LogP contribution in [-0.2, 0) is 20.2 Å². The van der Waals surface area contributed by atoms with Gasteiger partial charge < -0.3 is 4.90 Å². The van der Waals surface area contributed by atoms with Crippen LogP contribution in [0.2, 0.25) is 0 Å². The van der Waals surface area contributed by atoms with Gasteiger partial charge in [-0.3, -0.25) is 4.79 Å². The number of hydrogen-bond donors (Lipinski definition) is 1. The zero-order chi connectivity index (χ0) is 20.2. The highest BCUT2D eigenvalue weighted by atomic mass is 32.2. The van der Waals surface area contributed by atoms with Gasteiger partial charge in [0.1, 0.15) is 0 Å². The highest BCUT2D eigenvalue weighted by Gasteiger charge is 2.18. The van der Waals surface area contributed by atoms with Crippen LogP contribution >= 0.6 is 0 Å². The molecule has 1 amide bonds. The highest BCUT2D eigenvalue weighted by molar-refractivity contribution is 7.89. The first kappa shape index (κ1) is 21.1. The van der Waals surface area contributed by atoms with Crippen LogP contribution in [-0.4, -0.2) is 27.4 Å². The minimum absolute atomic E-state index is 0.0360. The second-order valence-corrected chi connectivity index (χ2v) is 9.45. The summed E-state index contributed by atoms with van der Waals surface area (Å²) in [5.41, 5.74) is 2.89. The first-order chi connectivity index (χ1) is 12.5. The molecule has 0 unspecified atom stereocenters. The van der Waals surface area contributed by atoms with Gasteiger partial charge in [0.15, 0.2) is 0 Å². The molecule has 0 aliphatic rings. The van der Waals surface area contributed by atoms with Crippen LogP contribution in [0.25, 0.3) is 0 Å². The Morgan fingerprint density at radius 3 is 2.04 bits per heavy atom. The third-order valence-corrected chi connectivity index (χ3v) is 5.86. The van der Waals surface area contributed by atoms with Crippen LogP contribution in [0.3, 0.4) is 0 Å². The molecule has 0 aliphatic heterocycles. The van der Waals surface area contributed by atoms with Crippen LogP contribution in [0.4, 0.5) is 5.69 Å². The first-order valence-corrected chi connectivity index (χ1v) is 10.4. The number of carbonyl (C=O) groups excluding carboxylic acids is 1. The van der Waals surface area contributed by atoms with Crippen molar-refractivity contribution in [3.8, 4) is 0 Å². The van der Waals surface area contributed by atoms with Gasteiger partial charge in [-0.1, -0.05) is 50.6 Å². The number of amides is 1. The summed E-state index contributed by atoms with van der Waals surface area (Å²) in [7, 11) is -3.62. The number of aryl methyl sites for hydroxylation is 1. The van der Waals surface area contributed by atoms with E-state index in [0.717, 1.165) is 16.8 Å². The van der Waals surface area contributed by atoms with Gasteiger partial charge in [-0.15, -0.1) is 0 Å². The molecule has 0 radical (unpaired) electrons. The van der Waals surface area contributed by atoms with Gasteiger partial charge in [0.2, 0.25) is 15.9 Å². The number of benzene rings is 2. The van der Waals surface area contributed by atoms with Crippen molar-refractivity contribution in [2.45, 2.75) is 44.9 Å². The summed E-state index contributed by atoms with van der Waals surface area (Å²) in [6, 6.07) is 14.5. The lowest BCUT2D eigenvalue weighted by Crippen LogP contribution is -2.37. The molecular weight excluding hydrogens is 360 g/mol. The van der Waals surface area contributed by atoms with E-state index in [0.29, 0.717) is 0 Å². The maximum Gasteiger partial charge on any atom is 0.240 e. The van der Waals surface area contributed by atoms with E-state index in [9.17, 15) is 13.2 Å². The molecule has 0 spiro atoms. The van der Waals surface area contributed by atoms with Crippen molar-refractivity contribution in [3.63, 3.8) is 0 Å². The molecule has 0 aliphatic carbocycles. The fourth-order valence-corrected chi connectivity index (χ4v) is 3.72. The monoisotopic (exact) mass is 388 g/mol. The largest absolute Gasteiger partial charge is 0.311 e. The highest BCUT2D eigenvalue weighted by Crippen LogP contribution is 2.23. The van der Waals surface area contributed by atoms with E-state index in [1.54, 1.807) is 17.0 Å². The lowest BCUT2D eigenvalue weighted by atomic mass is 9.87. The minimum atomic E-state index is -3.62. The minimum Gasteiger partial charge on any atom is -0.311 e. The Kier molecular flexibility index (Phi) is 6.44. The molecule has 0 saturated carbocycles. The summed E-state index contributed by atoms with van der Waals surface area (Å²) in [6.07, 6.45) is 0. The van der Waals surface area contributed by atoms with Gasteiger partial charge in [0.25, 0.3) is 0 Å². The maximum absolute atomic E-state index is 12.5. The lowest BCUT2D eigenvalue weighted by molar-refractivity contribution is -0.116. The number of nitrogens with zero attached hydrogens (tertiary/aromatic N) is 1. The van der Waals surface area contributed by atoms with Gasteiger partial charge in [-0.25, -0.2) is 13.1 Å². The average Bonchev–Trinajstić information content (AvgIpc) is 2.59. The van der Waals surface area contributed by atoms with Gasteiger partial charge >= 0.3 is 0 Å². The Morgan fingerprint density at radius 2 is 1.56 bits per heavy atom. The molecule has 2 aromatic carbocycles. The number of anilines is 1. The molecule has 0 aromatic heterocycles. The number of sulfonamides is 1. The molecule has 0 atom stereocenters. The summed E-state index contributed by atoms with van der Waals surface area (Å²) in [6.45, 7) is 10.1. The van der Waals surface area contributed by atoms with Crippen molar-refractivity contribution in [1.82, 2.24) is 4.72 Å². The standard InChI is InChI=1S/C21H28N2O3S/c1-16-6-10-19(11-7-16)23(17(2)24)15-14-22-27(25,26)20-12-8-18(9-13-20)21(3,4)5/h6-13,22H,14-15H2,1-5H3. The summed E-state index contributed by atoms with van der Waals surface area (Å²) < 4.78 is 27.6. The summed E-state index contributed by atoms with van der Waals surface area (Å²) in [4.78, 5) is 13.7. The van der Waals surface area contributed by atoms with E-state index in [2.05, 4.69) is 25.5 Å². The SMILES string of the molecule is CC(=O)N(CCNS(=O)(=O)c1ccc(C(C)(C)C)cc1)c1ccc(C)cc1. The molecule has 0 bridgehead atoms. The van der Waals surface area contributed by atoms with E-state index in [-0.39, 0.29) is 29.3 Å². The Morgan fingerprint density at radius 1 is 1.00 bits per heavy atom. The van der Waals surface area contributed by atoms with Crippen molar-refractivity contribution in [2.75, 3.05) is 18.0 Å². The van der Waals surface area contributed by atoms with E-state index in [4.69, 9.17) is 0 Å². The van der Waals surface area contributed by atoms with Crippen molar-refractivity contribution >= 4 is 21.6 Å². The summed E-state index contributed by atoms with van der Waals surface area (Å²) in [5.74, 6) is -0.132. The molecule has 146 valence electrons. The predicted molar refractivity (Wildman–Crippen MR) is 110 cm³/mol. The second kappa shape index (κ2) is 8.23. The van der Waals surface area contributed by atoms with Crippen molar-refractivity contribution in [1.29, 1.82) is 0 Å². The van der Waals surface area contributed by atoms with Crippen LogP contribution in [0.5, 0.6) is 0 Å². The van der Waals surface area contributed by atoms with Gasteiger partial charge in [0.05, 0.1) is 4.90 Å². The molecular formula is C21H28N2O3S. The molecule has 27 heavy (non-hydrogen) atoms. The van der Waals surface area contributed by atoms with Gasteiger partial charge in [-0.05, 0) is 42.2 Å². The van der Waals surface area contributed by atoms with Crippen molar-refractivity contribution in [2.24, 2.45) is 0 Å². The predicted octanol–water partition coefficient (Wildman–Crippen LogP) is 3.62.